The number of carbonyl (C=O) groups excluding carboxylic acids is 1. The number of ether oxygens (including phenoxy) is 3. The second-order valence-corrected chi connectivity index (χ2v) is 8.10. The highest BCUT2D eigenvalue weighted by atomic mass is 16.5. The monoisotopic (exact) mass is 446 g/mol. The molecular formula is C27H30N2O4. The summed E-state index contributed by atoms with van der Waals surface area (Å²) in [5.41, 5.74) is 4.00. The number of benzene rings is 3. The number of hydrogen-bond donors (Lipinski definition) is 0. The zero-order valence-electron chi connectivity index (χ0n) is 19.4. The van der Waals surface area contributed by atoms with E-state index in [-0.39, 0.29) is 5.91 Å². The van der Waals surface area contributed by atoms with Crippen molar-refractivity contribution in [2.45, 2.75) is 13.5 Å². The van der Waals surface area contributed by atoms with Gasteiger partial charge in [0.15, 0.2) is 11.5 Å². The molecule has 4 rings (SSSR count). The van der Waals surface area contributed by atoms with Gasteiger partial charge in [0.25, 0.3) is 5.91 Å². The fourth-order valence-electron chi connectivity index (χ4n) is 4.05. The Balaban J connectivity index is 1.47. The Morgan fingerprint density at radius 2 is 1.52 bits per heavy atom. The molecule has 172 valence electrons. The number of carbonyl (C=O) groups is 1. The molecule has 6 heteroatoms. The molecule has 33 heavy (non-hydrogen) atoms. The van der Waals surface area contributed by atoms with Crippen molar-refractivity contribution in [3.63, 3.8) is 0 Å². The van der Waals surface area contributed by atoms with Crippen molar-refractivity contribution in [2.24, 2.45) is 0 Å². The first-order chi connectivity index (χ1) is 16.1. The van der Waals surface area contributed by atoms with Crippen molar-refractivity contribution in [1.29, 1.82) is 0 Å². The van der Waals surface area contributed by atoms with Gasteiger partial charge in [0.05, 0.1) is 14.2 Å². The Hall–Kier alpha value is -3.67. The molecule has 1 saturated heterocycles. The molecule has 1 aliphatic heterocycles. The number of rotatable bonds is 7. The van der Waals surface area contributed by atoms with Crippen molar-refractivity contribution in [3.05, 3.63) is 83.4 Å². The highest BCUT2D eigenvalue weighted by Crippen LogP contribution is 2.39. The zero-order valence-corrected chi connectivity index (χ0v) is 19.4. The third-order valence-corrected chi connectivity index (χ3v) is 5.87. The summed E-state index contributed by atoms with van der Waals surface area (Å²) in [5.74, 6) is 1.41. The van der Waals surface area contributed by atoms with Crippen LogP contribution in [0.1, 0.15) is 21.5 Å². The quantitative estimate of drug-likeness (QED) is 0.533. The van der Waals surface area contributed by atoms with Gasteiger partial charge in [0.2, 0.25) is 5.75 Å². The average Bonchev–Trinajstić information content (AvgIpc) is 2.87. The molecule has 6 nitrogen and oxygen atoms in total. The lowest BCUT2D eigenvalue weighted by atomic mass is 10.1. The summed E-state index contributed by atoms with van der Waals surface area (Å²) < 4.78 is 17.1. The van der Waals surface area contributed by atoms with E-state index in [2.05, 4.69) is 36.1 Å². The minimum Gasteiger partial charge on any atom is -0.493 e. The molecule has 0 unspecified atom stereocenters. The minimum atomic E-state index is -0.0369. The van der Waals surface area contributed by atoms with Crippen LogP contribution in [-0.2, 0) is 6.61 Å². The Morgan fingerprint density at radius 1 is 0.848 bits per heavy atom. The molecule has 0 radical (unpaired) electrons. The van der Waals surface area contributed by atoms with E-state index >= 15 is 0 Å². The molecule has 0 spiro atoms. The maximum absolute atomic E-state index is 13.3. The Bertz CT molecular complexity index is 1070. The molecule has 0 aromatic heterocycles. The first-order valence-electron chi connectivity index (χ1n) is 11.1. The van der Waals surface area contributed by atoms with Crippen molar-refractivity contribution < 1.29 is 19.0 Å². The smallest absolute Gasteiger partial charge is 0.254 e. The molecule has 1 heterocycles. The predicted molar refractivity (Wildman–Crippen MR) is 130 cm³/mol. The van der Waals surface area contributed by atoms with E-state index in [0.717, 1.165) is 18.7 Å². The number of hydrogen-bond acceptors (Lipinski definition) is 5. The van der Waals surface area contributed by atoms with Gasteiger partial charge in [-0.1, -0.05) is 42.5 Å². The lowest BCUT2D eigenvalue weighted by Crippen LogP contribution is -2.48. The maximum Gasteiger partial charge on any atom is 0.254 e. The molecule has 0 atom stereocenters. The first kappa shape index (κ1) is 22.5. The molecule has 0 bridgehead atoms. The van der Waals surface area contributed by atoms with Gasteiger partial charge in [-0.3, -0.25) is 4.79 Å². The lowest BCUT2D eigenvalue weighted by molar-refractivity contribution is 0.0746. The maximum atomic E-state index is 13.3. The number of piperazine rings is 1. The van der Waals surface area contributed by atoms with Crippen molar-refractivity contribution in [1.82, 2.24) is 4.90 Å². The van der Waals surface area contributed by atoms with E-state index in [1.165, 1.54) is 11.3 Å². The summed E-state index contributed by atoms with van der Waals surface area (Å²) in [6.07, 6.45) is 0. The van der Waals surface area contributed by atoms with Crippen LogP contribution in [0.3, 0.4) is 0 Å². The molecule has 1 fully saturated rings. The summed E-state index contributed by atoms with van der Waals surface area (Å²) >= 11 is 0. The van der Waals surface area contributed by atoms with Gasteiger partial charge in [0.1, 0.15) is 6.61 Å². The molecule has 0 aliphatic carbocycles. The Labute approximate surface area is 195 Å². The second-order valence-electron chi connectivity index (χ2n) is 8.10. The summed E-state index contributed by atoms with van der Waals surface area (Å²) in [5, 5.41) is 0. The van der Waals surface area contributed by atoms with Gasteiger partial charge >= 0.3 is 0 Å². The van der Waals surface area contributed by atoms with Gasteiger partial charge in [-0.25, -0.2) is 0 Å². The number of amides is 1. The zero-order chi connectivity index (χ0) is 23.2. The van der Waals surface area contributed by atoms with Crippen molar-refractivity contribution >= 4 is 11.6 Å². The van der Waals surface area contributed by atoms with Crippen molar-refractivity contribution in [3.8, 4) is 17.2 Å². The van der Waals surface area contributed by atoms with E-state index in [1.54, 1.807) is 26.4 Å². The van der Waals surface area contributed by atoms with Crippen LogP contribution in [0.5, 0.6) is 17.2 Å². The first-order valence-corrected chi connectivity index (χ1v) is 11.1. The summed E-state index contributed by atoms with van der Waals surface area (Å²) in [7, 11) is 3.14. The molecule has 1 aliphatic rings. The standard InChI is InChI=1S/C27H30N2O4/c1-20-8-7-11-23(16-20)28-12-14-29(15-13-28)27(30)22-17-24(31-2)26(25(18-22)32-3)33-19-21-9-5-4-6-10-21/h4-11,16-18H,12-15,19H2,1-3H3. The molecule has 3 aromatic rings. The largest absolute Gasteiger partial charge is 0.493 e. The molecule has 1 amide bonds. The van der Waals surface area contributed by atoms with E-state index in [9.17, 15) is 4.79 Å². The summed E-state index contributed by atoms with van der Waals surface area (Å²) in [6.45, 7) is 5.37. The highest BCUT2D eigenvalue weighted by Gasteiger charge is 2.25. The molecule has 3 aromatic carbocycles. The average molecular weight is 447 g/mol. The normalized spacial score (nSPS) is 13.5. The summed E-state index contributed by atoms with van der Waals surface area (Å²) in [6, 6.07) is 21.8. The number of nitrogens with zero attached hydrogens (tertiary/aromatic N) is 2. The fraction of sp³-hybridized carbons (Fsp3) is 0.296. The van der Waals surface area contributed by atoms with Crippen LogP contribution in [0.4, 0.5) is 5.69 Å². The van der Waals surface area contributed by atoms with E-state index in [0.29, 0.717) is 42.5 Å². The number of aryl methyl sites for hydroxylation is 1. The van der Waals surface area contributed by atoms with Gasteiger partial charge in [-0.15, -0.1) is 0 Å². The van der Waals surface area contributed by atoms with Gasteiger partial charge < -0.3 is 24.0 Å². The summed E-state index contributed by atoms with van der Waals surface area (Å²) in [4.78, 5) is 17.5. The van der Waals surface area contributed by atoms with Gasteiger partial charge in [0, 0.05) is 37.4 Å². The SMILES string of the molecule is COc1cc(C(=O)N2CCN(c3cccc(C)c3)CC2)cc(OC)c1OCc1ccccc1. The van der Waals surface area contributed by atoms with Crippen LogP contribution >= 0.6 is 0 Å². The lowest BCUT2D eigenvalue weighted by Gasteiger charge is -2.36. The Kier molecular flexibility index (Phi) is 7.03. The molecule has 0 saturated carbocycles. The van der Waals surface area contributed by atoms with Crippen LogP contribution in [0, 0.1) is 6.92 Å². The van der Waals surface area contributed by atoms with E-state index < -0.39 is 0 Å². The Morgan fingerprint density at radius 3 is 2.12 bits per heavy atom. The van der Waals surface area contributed by atoms with E-state index in [4.69, 9.17) is 14.2 Å². The second kappa shape index (κ2) is 10.3. The third kappa shape index (κ3) is 5.22. The van der Waals surface area contributed by atoms with Crippen LogP contribution in [0.15, 0.2) is 66.7 Å². The van der Waals surface area contributed by atoms with Gasteiger partial charge in [-0.05, 0) is 42.3 Å². The molecular weight excluding hydrogens is 416 g/mol. The van der Waals surface area contributed by atoms with Crippen LogP contribution in [-0.4, -0.2) is 51.2 Å². The van der Waals surface area contributed by atoms with Gasteiger partial charge in [-0.2, -0.15) is 0 Å². The third-order valence-electron chi connectivity index (χ3n) is 5.87. The molecule has 0 N–H and O–H groups in total. The minimum absolute atomic E-state index is 0.0369. The number of methoxy groups -OCH3 is 2. The van der Waals surface area contributed by atoms with E-state index in [1.807, 2.05) is 35.2 Å². The van der Waals surface area contributed by atoms with Crippen molar-refractivity contribution in [2.75, 3.05) is 45.3 Å². The predicted octanol–water partition coefficient (Wildman–Crippen LogP) is 4.55. The van der Waals surface area contributed by atoms with Crippen LogP contribution in [0.25, 0.3) is 0 Å². The number of anilines is 1. The van der Waals surface area contributed by atoms with Crippen LogP contribution < -0.4 is 19.1 Å². The van der Waals surface area contributed by atoms with Crippen LogP contribution in [0.2, 0.25) is 0 Å². The fourth-order valence-corrected chi connectivity index (χ4v) is 4.05. The highest BCUT2D eigenvalue weighted by molar-refractivity contribution is 5.95. The topological polar surface area (TPSA) is 51.2 Å².